The van der Waals surface area contributed by atoms with Crippen LogP contribution in [0.1, 0.15) is 13.3 Å². The van der Waals surface area contributed by atoms with Crippen molar-refractivity contribution in [3.8, 4) is 0 Å². The number of anilines is 1. The van der Waals surface area contributed by atoms with Crippen LogP contribution in [-0.4, -0.2) is 30.4 Å². The van der Waals surface area contributed by atoms with Gasteiger partial charge in [-0.1, -0.05) is 19.1 Å². The van der Waals surface area contributed by atoms with Crippen molar-refractivity contribution in [3.05, 3.63) is 24.3 Å². The van der Waals surface area contributed by atoms with E-state index in [9.17, 15) is 4.79 Å². The molecule has 1 atom stereocenters. The summed E-state index contributed by atoms with van der Waals surface area (Å²) in [5.74, 6) is 0.799. The molecule has 5 heteroatoms. The molecule has 1 fully saturated rings. The van der Waals surface area contributed by atoms with Crippen LogP contribution in [-0.2, 0) is 9.53 Å². The number of hydrogen-bond acceptors (Lipinski definition) is 4. The second-order valence-corrected chi connectivity index (χ2v) is 5.65. The molecule has 0 bridgehead atoms. The molecule has 2 rings (SSSR count). The molecule has 1 aromatic rings. The molecule has 0 aromatic heterocycles. The molecule has 1 aromatic carbocycles. The molecule has 0 radical (unpaired) electrons. The van der Waals surface area contributed by atoms with Crippen molar-refractivity contribution in [2.24, 2.45) is 5.73 Å². The highest BCUT2D eigenvalue weighted by molar-refractivity contribution is 7.99. The molecule has 0 saturated carbocycles. The SMILES string of the molecule is CCSc1ccccc1NC(=O)C1(N)CCOC1. The van der Waals surface area contributed by atoms with Crippen molar-refractivity contribution in [1.29, 1.82) is 0 Å². The fraction of sp³-hybridized carbons (Fsp3) is 0.462. The van der Waals surface area contributed by atoms with Crippen molar-refractivity contribution in [1.82, 2.24) is 0 Å². The molecular weight excluding hydrogens is 248 g/mol. The van der Waals surface area contributed by atoms with Gasteiger partial charge in [-0.2, -0.15) is 0 Å². The maximum atomic E-state index is 12.2. The third kappa shape index (κ3) is 2.85. The van der Waals surface area contributed by atoms with E-state index in [4.69, 9.17) is 10.5 Å². The topological polar surface area (TPSA) is 64.4 Å². The van der Waals surface area contributed by atoms with Gasteiger partial charge in [0.05, 0.1) is 12.3 Å². The average Bonchev–Trinajstić information content (AvgIpc) is 2.80. The molecule has 1 amide bonds. The van der Waals surface area contributed by atoms with Crippen LogP contribution in [0, 0.1) is 0 Å². The van der Waals surface area contributed by atoms with Gasteiger partial charge < -0.3 is 15.8 Å². The maximum absolute atomic E-state index is 12.2. The number of thioether (sulfide) groups is 1. The molecule has 0 aliphatic carbocycles. The third-order valence-corrected chi connectivity index (χ3v) is 3.90. The first-order valence-corrected chi connectivity index (χ1v) is 7.04. The van der Waals surface area contributed by atoms with E-state index >= 15 is 0 Å². The van der Waals surface area contributed by atoms with Gasteiger partial charge >= 0.3 is 0 Å². The van der Waals surface area contributed by atoms with Crippen LogP contribution < -0.4 is 11.1 Å². The third-order valence-electron chi connectivity index (χ3n) is 2.94. The lowest BCUT2D eigenvalue weighted by Gasteiger charge is -2.21. The molecule has 4 nitrogen and oxygen atoms in total. The second-order valence-electron chi connectivity index (χ2n) is 4.34. The van der Waals surface area contributed by atoms with Crippen molar-refractivity contribution < 1.29 is 9.53 Å². The summed E-state index contributed by atoms with van der Waals surface area (Å²) in [7, 11) is 0. The molecule has 98 valence electrons. The largest absolute Gasteiger partial charge is 0.379 e. The zero-order chi connectivity index (χ0) is 13.0. The lowest BCUT2D eigenvalue weighted by Crippen LogP contribution is -2.51. The highest BCUT2D eigenvalue weighted by Crippen LogP contribution is 2.28. The Morgan fingerprint density at radius 2 is 2.33 bits per heavy atom. The van der Waals surface area contributed by atoms with Gasteiger partial charge in [-0.3, -0.25) is 4.79 Å². The van der Waals surface area contributed by atoms with Crippen molar-refractivity contribution in [2.45, 2.75) is 23.8 Å². The summed E-state index contributed by atoms with van der Waals surface area (Å²) in [6, 6.07) is 7.77. The van der Waals surface area contributed by atoms with Crippen molar-refractivity contribution in [3.63, 3.8) is 0 Å². The average molecular weight is 266 g/mol. The smallest absolute Gasteiger partial charge is 0.246 e. The van der Waals surface area contributed by atoms with Crippen LogP contribution in [0.4, 0.5) is 5.69 Å². The minimum absolute atomic E-state index is 0.163. The fourth-order valence-electron chi connectivity index (χ4n) is 1.86. The van der Waals surface area contributed by atoms with Crippen molar-refractivity contribution in [2.75, 3.05) is 24.3 Å². The quantitative estimate of drug-likeness (QED) is 0.816. The van der Waals surface area contributed by atoms with E-state index in [1.54, 1.807) is 11.8 Å². The van der Waals surface area contributed by atoms with Gasteiger partial charge in [0.15, 0.2) is 0 Å². The van der Waals surface area contributed by atoms with Gasteiger partial charge in [-0.05, 0) is 24.3 Å². The van der Waals surface area contributed by atoms with Crippen molar-refractivity contribution >= 4 is 23.4 Å². The highest BCUT2D eigenvalue weighted by Gasteiger charge is 2.38. The van der Waals surface area contributed by atoms with Crippen LogP contribution in [0.3, 0.4) is 0 Å². The first kappa shape index (κ1) is 13.4. The van der Waals surface area contributed by atoms with E-state index in [-0.39, 0.29) is 5.91 Å². The van der Waals surface area contributed by atoms with E-state index in [1.165, 1.54) is 0 Å². The summed E-state index contributed by atoms with van der Waals surface area (Å²) in [5, 5.41) is 2.91. The number of carbonyl (C=O) groups is 1. The highest BCUT2D eigenvalue weighted by atomic mass is 32.2. The zero-order valence-corrected chi connectivity index (χ0v) is 11.3. The predicted octanol–water partition coefficient (Wildman–Crippen LogP) is 1.85. The molecule has 1 heterocycles. The molecule has 3 N–H and O–H groups in total. The minimum atomic E-state index is -0.885. The van der Waals surface area contributed by atoms with Crippen LogP contribution >= 0.6 is 11.8 Å². The summed E-state index contributed by atoms with van der Waals surface area (Å²) < 4.78 is 5.21. The number of carbonyl (C=O) groups excluding carboxylic acids is 1. The Labute approximate surface area is 111 Å². The number of rotatable bonds is 4. The summed E-state index contributed by atoms with van der Waals surface area (Å²) in [6.07, 6.45) is 0.571. The van der Waals surface area contributed by atoms with Crippen LogP contribution in [0.25, 0.3) is 0 Å². The van der Waals surface area contributed by atoms with Gasteiger partial charge in [0.2, 0.25) is 5.91 Å². The number of para-hydroxylation sites is 1. The normalized spacial score (nSPS) is 23.0. The summed E-state index contributed by atoms with van der Waals surface area (Å²) >= 11 is 1.70. The molecule has 0 spiro atoms. The number of hydrogen-bond donors (Lipinski definition) is 2. The van der Waals surface area contributed by atoms with Gasteiger partial charge in [-0.15, -0.1) is 11.8 Å². The molecule has 1 saturated heterocycles. The lowest BCUT2D eigenvalue weighted by atomic mass is 9.99. The van der Waals surface area contributed by atoms with Crippen LogP contribution in [0.5, 0.6) is 0 Å². The summed E-state index contributed by atoms with van der Waals surface area (Å²) in [6.45, 7) is 2.93. The Bertz CT molecular complexity index is 431. The van der Waals surface area contributed by atoms with Gasteiger partial charge in [0.1, 0.15) is 5.54 Å². The minimum Gasteiger partial charge on any atom is -0.379 e. The Morgan fingerprint density at radius 1 is 1.56 bits per heavy atom. The standard InChI is InChI=1S/C13H18N2O2S/c1-2-18-11-6-4-3-5-10(11)15-12(16)13(14)7-8-17-9-13/h3-6H,2,7-9,14H2,1H3,(H,15,16). The fourth-order valence-corrected chi connectivity index (χ4v) is 2.62. The van der Waals surface area contributed by atoms with E-state index in [1.807, 2.05) is 24.3 Å². The van der Waals surface area contributed by atoms with Crippen LogP contribution in [0.2, 0.25) is 0 Å². The first-order valence-electron chi connectivity index (χ1n) is 6.05. The molecule has 1 aliphatic rings. The number of nitrogens with one attached hydrogen (secondary N) is 1. The number of amides is 1. The monoisotopic (exact) mass is 266 g/mol. The number of ether oxygens (including phenoxy) is 1. The van der Waals surface area contributed by atoms with E-state index in [0.29, 0.717) is 19.6 Å². The van der Waals surface area contributed by atoms with Gasteiger partial charge in [0.25, 0.3) is 0 Å². The Morgan fingerprint density at radius 3 is 3.00 bits per heavy atom. The molecule has 18 heavy (non-hydrogen) atoms. The Kier molecular flexibility index (Phi) is 4.27. The Balaban J connectivity index is 2.11. The molecule has 1 aliphatic heterocycles. The number of benzene rings is 1. The summed E-state index contributed by atoms with van der Waals surface area (Å²) in [5.41, 5.74) is 5.97. The molecular formula is C13H18N2O2S. The predicted molar refractivity (Wildman–Crippen MR) is 73.8 cm³/mol. The van der Waals surface area contributed by atoms with E-state index in [0.717, 1.165) is 16.3 Å². The Hall–Kier alpha value is -1.04. The number of nitrogens with two attached hydrogens (primary N) is 1. The second kappa shape index (κ2) is 5.73. The maximum Gasteiger partial charge on any atom is 0.246 e. The molecule has 1 unspecified atom stereocenters. The van der Waals surface area contributed by atoms with E-state index in [2.05, 4.69) is 12.2 Å². The zero-order valence-electron chi connectivity index (χ0n) is 10.4. The lowest BCUT2D eigenvalue weighted by molar-refractivity contribution is -0.121. The van der Waals surface area contributed by atoms with E-state index < -0.39 is 5.54 Å². The first-order chi connectivity index (χ1) is 8.65. The van der Waals surface area contributed by atoms with Crippen LogP contribution in [0.15, 0.2) is 29.2 Å². The van der Waals surface area contributed by atoms with Gasteiger partial charge in [-0.25, -0.2) is 0 Å². The summed E-state index contributed by atoms with van der Waals surface area (Å²) in [4.78, 5) is 13.2. The van der Waals surface area contributed by atoms with Gasteiger partial charge in [0, 0.05) is 11.5 Å².